The van der Waals surface area contributed by atoms with Crippen LogP contribution < -0.4 is 11.3 Å². The van der Waals surface area contributed by atoms with Crippen molar-refractivity contribution in [2.75, 3.05) is 0 Å². The summed E-state index contributed by atoms with van der Waals surface area (Å²) in [6.07, 6.45) is 0.715. The highest BCUT2D eigenvalue weighted by Crippen LogP contribution is 2.13. The molecule has 2 heterocycles. The summed E-state index contributed by atoms with van der Waals surface area (Å²) in [4.78, 5) is 31.5. The topological polar surface area (TPSA) is 97.7 Å². The number of hydrogen-bond acceptors (Lipinski definition) is 5. The SMILES string of the molecule is CC(=O)O.CCc1cc2ccccc2oc1=O.O=c1oc2ccccc2cc1CCl. The highest BCUT2D eigenvalue weighted by atomic mass is 35.5. The molecule has 0 bridgehead atoms. The van der Waals surface area contributed by atoms with E-state index in [0.29, 0.717) is 23.2 Å². The van der Waals surface area contributed by atoms with E-state index in [9.17, 15) is 9.59 Å². The van der Waals surface area contributed by atoms with Crippen molar-refractivity contribution in [1.82, 2.24) is 0 Å². The molecule has 4 rings (SSSR count). The number of carboxylic acid groups (broad SMARTS) is 1. The first-order chi connectivity index (χ1) is 14.3. The molecule has 30 heavy (non-hydrogen) atoms. The molecule has 0 atom stereocenters. The maximum Gasteiger partial charge on any atom is 0.340 e. The number of fused-ring (bicyclic) bond motifs is 2. The van der Waals surface area contributed by atoms with Crippen molar-refractivity contribution < 1.29 is 18.7 Å². The molecule has 0 aliphatic heterocycles. The minimum Gasteiger partial charge on any atom is -0.481 e. The average Bonchev–Trinajstić information content (AvgIpc) is 2.72. The summed E-state index contributed by atoms with van der Waals surface area (Å²) in [5.74, 6) is -0.646. The number of rotatable bonds is 2. The zero-order chi connectivity index (χ0) is 22.1. The third-order valence-electron chi connectivity index (χ3n) is 3.95. The fraction of sp³-hybridized carbons (Fsp3) is 0.174. The first kappa shape index (κ1) is 22.9. The van der Waals surface area contributed by atoms with E-state index < -0.39 is 5.97 Å². The van der Waals surface area contributed by atoms with Gasteiger partial charge in [0.05, 0.1) is 11.4 Å². The molecule has 0 aliphatic rings. The van der Waals surface area contributed by atoms with Crippen LogP contribution >= 0.6 is 11.6 Å². The molecule has 1 N–H and O–H groups in total. The van der Waals surface area contributed by atoms with Gasteiger partial charge in [-0.2, -0.15) is 0 Å². The van der Waals surface area contributed by atoms with E-state index in [0.717, 1.165) is 23.3 Å². The highest BCUT2D eigenvalue weighted by molar-refractivity contribution is 6.17. The van der Waals surface area contributed by atoms with Gasteiger partial charge in [0.1, 0.15) is 11.2 Å². The Bertz CT molecular complexity index is 1160. The van der Waals surface area contributed by atoms with Gasteiger partial charge in [0.15, 0.2) is 0 Å². The van der Waals surface area contributed by atoms with Crippen molar-refractivity contribution in [1.29, 1.82) is 0 Å². The Kier molecular flexibility index (Phi) is 8.38. The van der Waals surface area contributed by atoms with Crippen LogP contribution in [0, 0.1) is 0 Å². The summed E-state index contributed by atoms with van der Waals surface area (Å²) in [5.41, 5.74) is 1.92. The van der Waals surface area contributed by atoms with Crippen LogP contribution in [0.5, 0.6) is 0 Å². The Morgan fingerprint density at radius 1 is 0.867 bits per heavy atom. The predicted octanol–water partition coefficient (Wildman–Crippen LogP) is 4.98. The third kappa shape index (κ3) is 6.32. The molecule has 0 saturated heterocycles. The Morgan fingerprint density at radius 3 is 1.70 bits per heavy atom. The number of para-hydroxylation sites is 2. The summed E-state index contributed by atoms with van der Waals surface area (Å²) in [7, 11) is 0. The lowest BCUT2D eigenvalue weighted by Gasteiger charge is -1.97. The smallest absolute Gasteiger partial charge is 0.340 e. The van der Waals surface area contributed by atoms with Crippen molar-refractivity contribution in [2.24, 2.45) is 0 Å². The number of alkyl halides is 1. The number of halogens is 1. The van der Waals surface area contributed by atoms with Crippen LogP contribution in [0.3, 0.4) is 0 Å². The predicted molar refractivity (Wildman–Crippen MR) is 117 cm³/mol. The van der Waals surface area contributed by atoms with Crippen molar-refractivity contribution >= 4 is 39.5 Å². The number of aryl methyl sites for hydroxylation is 1. The van der Waals surface area contributed by atoms with E-state index in [2.05, 4.69) is 0 Å². The van der Waals surface area contributed by atoms with E-state index in [4.69, 9.17) is 30.3 Å². The fourth-order valence-corrected chi connectivity index (χ4v) is 2.74. The van der Waals surface area contributed by atoms with E-state index >= 15 is 0 Å². The molecule has 0 saturated carbocycles. The van der Waals surface area contributed by atoms with Crippen LogP contribution in [0.25, 0.3) is 21.9 Å². The van der Waals surface area contributed by atoms with Gasteiger partial charge in [-0.1, -0.05) is 43.3 Å². The van der Waals surface area contributed by atoms with E-state index in [1.807, 2.05) is 49.4 Å². The van der Waals surface area contributed by atoms with Crippen molar-refractivity contribution in [3.63, 3.8) is 0 Å². The zero-order valence-corrected chi connectivity index (χ0v) is 17.3. The Labute approximate surface area is 177 Å². The first-order valence-electron chi connectivity index (χ1n) is 9.14. The fourth-order valence-electron chi connectivity index (χ4n) is 2.55. The van der Waals surface area contributed by atoms with Gasteiger partial charge in [-0.05, 0) is 30.7 Å². The quantitative estimate of drug-likeness (QED) is 0.357. The summed E-state index contributed by atoms with van der Waals surface area (Å²) >= 11 is 5.57. The Morgan fingerprint density at radius 2 is 1.27 bits per heavy atom. The molecule has 2 aromatic carbocycles. The standard InChI is InChI=1S/C11H10O2.C10H7ClO2.C2H4O2/c1-2-8-7-9-5-3-4-6-10(9)13-11(8)12;11-6-8-5-7-3-1-2-4-9(7)13-10(8)12;1-2(3)4/h3-7H,2H2,1H3;1-5H,6H2;1H3,(H,3,4). The number of hydrogen-bond donors (Lipinski definition) is 1. The van der Waals surface area contributed by atoms with Crippen LogP contribution in [0.1, 0.15) is 25.0 Å². The molecule has 0 fully saturated rings. The zero-order valence-electron chi connectivity index (χ0n) is 16.6. The monoisotopic (exact) mass is 428 g/mol. The summed E-state index contributed by atoms with van der Waals surface area (Å²) in [6, 6.07) is 18.5. The van der Waals surface area contributed by atoms with Gasteiger partial charge < -0.3 is 13.9 Å². The lowest BCUT2D eigenvalue weighted by atomic mass is 10.1. The molecule has 4 aromatic rings. The van der Waals surface area contributed by atoms with E-state index in [1.54, 1.807) is 18.2 Å². The molecular formula is C23H21ClO6. The van der Waals surface area contributed by atoms with Crippen LogP contribution in [0.2, 0.25) is 0 Å². The lowest BCUT2D eigenvalue weighted by molar-refractivity contribution is -0.134. The lowest BCUT2D eigenvalue weighted by Crippen LogP contribution is -2.05. The number of carboxylic acids is 1. The molecule has 0 amide bonds. The molecule has 0 spiro atoms. The number of aliphatic carboxylic acids is 1. The van der Waals surface area contributed by atoms with Crippen molar-refractivity contribution in [3.8, 4) is 0 Å². The van der Waals surface area contributed by atoms with Gasteiger partial charge in [-0.3, -0.25) is 4.79 Å². The van der Waals surface area contributed by atoms with Crippen molar-refractivity contribution in [2.45, 2.75) is 26.1 Å². The minimum absolute atomic E-state index is 0.188. The van der Waals surface area contributed by atoms with Gasteiger partial charge in [0.2, 0.25) is 0 Å². The first-order valence-corrected chi connectivity index (χ1v) is 9.68. The number of carbonyl (C=O) groups is 1. The largest absolute Gasteiger partial charge is 0.481 e. The van der Waals surface area contributed by atoms with Gasteiger partial charge in [0, 0.05) is 23.3 Å². The maximum atomic E-state index is 11.3. The molecule has 2 aromatic heterocycles. The maximum absolute atomic E-state index is 11.3. The molecule has 0 unspecified atom stereocenters. The second kappa shape index (κ2) is 11.0. The molecule has 6 nitrogen and oxygen atoms in total. The number of benzene rings is 2. The second-order valence-electron chi connectivity index (χ2n) is 6.20. The summed E-state index contributed by atoms with van der Waals surface area (Å²) in [6.45, 7) is 3.03. The van der Waals surface area contributed by atoms with Gasteiger partial charge in [-0.15, -0.1) is 11.6 Å². The van der Waals surface area contributed by atoms with Crippen LogP contribution in [0.4, 0.5) is 0 Å². The normalized spacial score (nSPS) is 9.97. The van der Waals surface area contributed by atoms with E-state index in [1.165, 1.54) is 0 Å². The highest BCUT2D eigenvalue weighted by Gasteiger charge is 2.02. The molecule has 0 radical (unpaired) electrons. The van der Waals surface area contributed by atoms with Gasteiger partial charge >= 0.3 is 11.3 Å². The van der Waals surface area contributed by atoms with Crippen LogP contribution in [-0.2, 0) is 17.1 Å². The van der Waals surface area contributed by atoms with Crippen molar-refractivity contribution in [3.05, 3.63) is 92.6 Å². The Balaban J connectivity index is 0.000000182. The molecule has 7 heteroatoms. The summed E-state index contributed by atoms with van der Waals surface area (Å²) < 4.78 is 10.2. The second-order valence-corrected chi connectivity index (χ2v) is 6.47. The van der Waals surface area contributed by atoms with Crippen LogP contribution in [-0.4, -0.2) is 11.1 Å². The third-order valence-corrected chi connectivity index (χ3v) is 4.24. The minimum atomic E-state index is -0.833. The van der Waals surface area contributed by atoms with E-state index in [-0.39, 0.29) is 17.1 Å². The van der Waals surface area contributed by atoms with Crippen LogP contribution in [0.15, 0.2) is 79.1 Å². The molecule has 0 aliphatic carbocycles. The summed E-state index contributed by atoms with van der Waals surface area (Å²) in [5, 5.41) is 9.30. The molecule has 156 valence electrons. The van der Waals surface area contributed by atoms with Gasteiger partial charge in [0.25, 0.3) is 5.97 Å². The Hall–Kier alpha value is -3.38. The molecular weight excluding hydrogens is 408 g/mol. The average molecular weight is 429 g/mol. The van der Waals surface area contributed by atoms with Gasteiger partial charge in [-0.25, -0.2) is 9.59 Å².